The number of ether oxygens (including phenoxy) is 1. The first-order valence-electron chi connectivity index (χ1n) is 15.8. The molecule has 2 aliphatic rings. The van der Waals surface area contributed by atoms with Crippen molar-refractivity contribution in [1.82, 2.24) is 40.0 Å². The molecule has 1 atom stereocenters. The van der Waals surface area contributed by atoms with Crippen molar-refractivity contribution >= 4 is 27.8 Å². The molecule has 5 aromatic heterocycles. The Bertz CT molecular complexity index is 2020. The third kappa shape index (κ3) is 5.65. The van der Waals surface area contributed by atoms with Gasteiger partial charge in [0.25, 0.3) is 0 Å². The maximum Gasteiger partial charge on any atom is 0.181 e. The van der Waals surface area contributed by atoms with Gasteiger partial charge in [0.1, 0.15) is 35.6 Å². The summed E-state index contributed by atoms with van der Waals surface area (Å²) in [6.45, 7) is 3.48. The highest BCUT2D eigenvalue weighted by atomic mass is 19.1. The number of nitrogens with zero attached hydrogens (tertiary/aromatic N) is 6. The van der Waals surface area contributed by atoms with E-state index in [9.17, 15) is 9.50 Å². The quantitative estimate of drug-likeness (QED) is 0.141. The second kappa shape index (κ2) is 12.1. The smallest absolute Gasteiger partial charge is 0.181 e. The Kier molecular flexibility index (Phi) is 7.51. The van der Waals surface area contributed by atoms with E-state index in [-0.39, 0.29) is 5.92 Å². The molecule has 46 heavy (non-hydrogen) atoms. The first-order chi connectivity index (χ1) is 22.6. The Morgan fingerprint density at radius 2 is 1.87 bits per heavy atom. The predicted molar refractivity (Wildman–Crippen MR) is 174 cm³/mol. The van der Waals surface area contributed by atoms with Crippen molar-refractivity contribution in [2.24, 2.45) is 5.92 Å². The number of halogens is 1. The maximum atomic E-state index is 14.8. The second-order valence-corrected chi connectivity index (χ2v) is 12.2. The monoisotopic (exact) mass is 619 g/mol. The average molecular weight is 620 g/mol. The number of fused-ring (bicyclic) bond motifs is 2. The van der Waals surface area contributed by atoms with Crippen molar-refractivity contribution in [2.75, 3.05) is 31.6 Å². The summed E-state index contributed by atoms with van der Waals surface area (Å²) in [4.78, 5) is 24.2. The van der Waals surface area contributed by atoms with Gasteiger partial charge in [-0.05, 0) is 69.1 Å². The summed E-state index contributed by atoms with van der Waals surface area (Å²) in [5.41, 5.74) is 6.15. The van der Waals surface area contributed by atoms with Crippen molar-refractivity contribution in [3.8, 4) is 39.7 Å². The Hall–Kier alpha value is -4.94. The van der Waals surface area contributed by atoms with E-state index in [2.05, 4.69) is 40.3 Å². The fraction of sp³-hybridized carbons (Fsp3) is 0.324. The van der Waals surface area contributed by atoms with E-state index in [4.69, 9.17) is 9.72 Å². The summed E-state index contributed by atoms with van der Waals surface area (Å²) in [7, 11) is 0. The third-order valence-electron chi connectivity index (χ3n) is 9.05. The molecule has 11 nitrogen and oxygen atoms in total. The van der Waals surface area contributed by atoms with Crippen molar-refractivity contribution in [3.63, 3.8) is 0 Å². The number of aromatic amines is 2. The first-order valence-corrected chi connectivity index (χ1v) is 15.8. The van der Waals surface area contributed by atoms with Crippen LogP contribution in [0, 0.1) is 11.7 Å². The van der Waals surface area contributed by atoms with Crippen LogP contribution in [0.25, 0.3) is 56.0 Å². The van der Waals surface area contributed by atoms with Crippen molar-refractivity contribution in [3.05, 3.63) is 67.0 Å². The summed E-state index contributed by atoms with van der Waals surface area (Å²) < 4.78 is 20.7. The van der Waals surface area contributed by atoms with Gasteiger partial charge in [0.15, 0.2) is 11.5 Å². The lowest BCUT2D eigenvalue weighted by molar-refractivity contribution is 0.0851. The molecule has 1 aromatic carbocycles. The van der Waals surface area contributed by atoms with E-state index in [1.807, 2.05) is 24.3 Å². The lowest BCUT2D eigenvalue weighted by Crippen LogP contribution is -2.33. The van der Waals surface area contributed by atoms with Crippen LogP contribution in [0.1, 0.15) is 32.1 Å². The molecular weight excluding hydrogens is 585 g/mol. The van der Waals surface area contributed by atoms with Crippen molar-refractivity contribution in [2.45, 2.75) is 38.3 Å². The highest BCUT2D eigenvalue weighted by molar-refractivity contribution is 5.96. The van der Waals surface area contributed by atoms with Crippen LogP contribution in [0.15, 0.2) is 61.2 Å². The lowest BCUT2D eigenvalue weighted by atomic mass is 9.84. The van der Waals surface area contributed by atoms with Crippen LogP contribution in [0.5, 0.6) is 5.75 Å². The number of benzene rings is 1. The first kappa shape index (κ1) is 28.5. The fourth-order valence-corrected chi connectivity index (χ4v) is 6.31. The van der Waals surface area contributed by atoms with Gasteiger partial charge < -0.3 is 20.1 Å². The summed E-state index contributed by atoms with van der Waals surface area (Å²) >= 11 is 0. The van der Waals surface area contributed by atoms with E-state index >= 15 is 0 Å². The molecular formula is C34H34FN9O2. The standard InChI is InChI=1S/C34H34FN9O2/c35-24-12-21(14-26(16-24)46-11-10-44-8-1-2-9-44)29-31-28(6-7-37-29)40-33(41-31)30-27-15-23(18-38-32(27)43-42-30)22-13-25(19-36-17-22)39-34(45)20-4-3-5-20/h6-7,12-20,34,39,45H,1-5,8-11H2,(H,40,41)(H,38,42,43). The van der Waals surface area contributed by atoms with Crippen LogP contribution in [0.4, 0.5) is 10.1 Å². The molecule has 1 saturated heterocycles. The molecule has 1 unspecified atom stereocenters. The van der Waals surface area contributed by atoms with Gasteiger partial charge in [-0.25, -0.2) is 14.4 Å². The number of hydrogen-bond donors (Lipinski definition) is 4. The molecule has 0 spiro atoms. The molecule has 6 heterocycles. The number of H-pyrrole nitrogens is 2. The fourth-order valence-electron chi connectivity index (χ4n) is 6.31. The summed E-state index contributed by atoms with van der Waals surface area (Å²) in [6.07, 6.45) is 12.0. The molecule has 8 rings (SSSR count). The second-order valence-electron chi connectivity index (χ2n) is 12.2. The third-order valence-corrected chi connectivity index (χ3v) is 9.05. The summed E-state index contributed by atoms with van der Waals surface area (Å²) in [6, 6.07) is 10.5. The summed E-state index contributed by atoms with van der Waals surface area (Å²) in [5, 5.41) is 22.0. The zero-order chi connectivity index (χ0) is 31.0. The van der Waals surface area contributed by atoms with Gasteiger partial charge in [0, 0.05) is 53.8 Å². The number of nitrogens with one attached hydrogen (secondary N) is 3. The van der Waals surface area contributed by atoms with Gasteiger partial charge >= 0.3 is 0 Å². The van der Waals surface area contributed by atoms with E-state index in [0.29, 0.717) is 46.3 Å². The number of likely N-dealkylation sites (tertiary alicyclic amines) is 1. The number of aliphatic hydroxyl groups is 1. The van der Waals surface area contributed by atoms with Gasteiger partial charge in [0.2, 0.25) is 0 Å². The number of anilines is 1. The summed E-state index contributed by atoms with van der Waals surface area (Å²) in [5.74, 6) is 0.901. The van der Waals surface area contributed by atoms with E-state index in [0.717, 1.165) is 66.6 Å². The van der Waals surface area contributed by atoms with Crippen molar-refractivity contribution in [1.29, 1.82) is 0 Å². The minimum Gasteiger partial charge on any atom is -0.492 e. The van der Waals surface area contributed by atoms with Crippen LogP contribution in [-0.4, -0.2) is 77.6 Å². The van der Waals surface area contributed by atoms with Crippen LogP contribution in [0.3, 0.4) is 0 Å². The molecule has 0 bridgehead atoms. The lowest BCUT2D eigenvalue weighted by Gasteiger charge is -2.31. The minimum absolute atomic E-state index is 0.274. The van der Waals surface area contributed by atoms with E-state index in [1.54, 1.807) is 24.8 Å². The molecule has 2 fully saturated rings. The predicted octanol–water partition coefficient (Wildman–Crippen LogP) is 5.77. The van der Waals surface area contributed by atoms with Gasteiger partial charge in [-0.2, -0.15) is 5.10 Å². The molecule has 4 N–H and O–H groups in total. The maximum absolute atomic E-state index is 14.8. The Morgan fingerprint density at radius 1 is 1.00 bits per heavy atom. The number of pyridine rings is 3. The topological polar surface area (TPSA) is 141 Å². The molecule has 1 saturated carbocycles. The number of rotatable bonds is 10. The molecule has 1 aliphatic carbocycles. The van der Waals surface area contributed by atoms with Crippen LogP contribution >= 0.6 is 0 Å². The zero-order valence-electron chi connectivity index (χ0n) is 25.2. The number of imidazole rings is 1. The van der Waals surface area contributed by atoms with Gasteiger partial charge in [0.05, 0.1) is 28.5 Å². The molecule has 234 valence electrons. The Labute approximate surface area is 264 Å². The number of hydrogen-bond acceptors (Lipinski definition) is 9. The van der Waals surface area contributed by atoms with Gasteiger partial charge in [-0.1, -0.05) is 6.42 Å². The zero-order valence-corrected chi connectivity index (χ0v) is 25.2. The molecule has 0 radical (unpaired) electrons. The van der Waals surface area contributed by atoms with Gasteiger partial charge in [-0.3, -0.25) is 20.0 Å². The van der Waals surface area contributed by atoms with E-state index in [1.165, 1.54) is 25.0 Å². The molecule has 1 aliphatic heterocycles. The minimum atomic E-state index is -0.592. The molecule has 0 amide bonds. The average Bonchev–Trinajstić information content (AvgIpc) is 3.79. The van der Waals surface area contributed by atoms with Gasteiger partial charge in [-0.15, -0.1) is 0 Å². The van der Waals surface area contributed by atoms with Crippen LogP contribution in [0.2, 0.25) is 0 Å². The molecule has 6 aromatic rings. The number of aliphatic hydroxyl groups excluding tert-OH is 1. The van der Waals surface area contributed by atoms with Crippen molar-refractivity contribution < 1.29 is 14.2 Å². The van der Waals surface area contributed by atoms with E-state index < -0.39 is 12.0 Å². The highest BCUT2D eigenvalue weighted by Gasteiger charge is 2.25. The Morgan fingerprint density at radius 3 is 2.72 bits per heavy atom. The highest BCUT2D eigenvalue weighted by Crippen LogP contribution is 2.34. The SMILES string of the molecule is OC(Nc1cncc(-c2cnc3n[nH]c(-c4nc5c(-c6cc(F)cc(OCCN7CCCC7)c6)nccc5[nH]4)c3c2)c1)C1CCC1. The molecule has 12 heteroatoms. The number of aromatic nitrogens is 7. The van der Waals surface area contributed by atoms with Crippen LogP contribution in [-0.2, 0) is 0 Å². The normalized spacial score (nSPS) is 16.2. The van der Waals surface area contributed by atoms with Crippen LogP contribution < -0.4 is 10.1 Å². The Balaban J connectivity index is 1.08. The largest absolute Gasteiger partial charge is 0.492 e.